The minimum absolute atomic E-state index is 0. The van der Waals surface area contributed by atoms with Gasteiger partial charge in [0.05, 0.1) is 13.1 Å². The molecule has 0 spiro atoms. The van der Waals surface area contributed by atoms with Crippen molar-refractivity contribution in [2.75, 3.05) is 0 Å². The normalized spacial score (nSPS) is 13.3. The molecule has 3 rings (SSSR count). The van der Waals surface area contributed by atoms with Gasteiger partial charge < -0.3 is 15.2 Å². The number of aryl methyl sites for hydroxylation is 1. The van der Waals surface area contributed by atoms with Gasteiger partial charge in [-0.15, -0.1) is 34.2 Å². The predicted molar refractivity (Wildman–Crippen MR) is 133 cm³/mol. The Kier molecular flexibility index (Phi) is 9.29. The summed E-state index contributed by atoms with van der Waals surface area (Å²) in [5, 5.41) is 15.3. The van der Waals surface area contributed by atoms with Crippen molar-refractivity contribution in [1.29, 1.82) is 0 Å². The van der Waals surface area contributed by atoms with Gasteiger partial charge >= 0.3 is 0 Å². The molecule has 160 valence electrons. The van der Waals surface area contributed by atoms with Crippen molar-refractivity contribution >= 4 is 29.9 Å². The van der Waals surface area contributed by atoms with E-state index in [4.69, 9.17) is 4.99 Å². The lowest BCUT2D eigenvalue weighted by molar-refractivity contribution is 0.547. The van der Waals surface area contributed by atoms with Crippen LogP contribution in [0.25, 0.3) is 0 Å². The maximum absolute atomic E-state index is 4.80. The molecule has 2 aromatic carbocycles. The molecule has 0 radical (unpaired) electrons. The first kappa shape index (κ1) is 23.9. The average Bonchev–Trinajstić information content (AvgIpc) is 3.08. The SMILES string of the molecule is Cc1nnc(CNC(=NCc2ccccc2)NC(C)C(C)c2ccccc2)n1C.I. The second kappa shape index (κ2) is 11.7. The number of nitrogens with one attached hydrogen (secondary N) is 2. The summed E-state index contributed by atoms with van der Waals surface area (Å²) in [7, 11) is 1.97. The van der Waals surface area contributed by atoms with Crippen LogP contribution in [-0.2, 0) is 20.1 Å². The van der Waals surface area contributed by atoms with Gasteiger partial charge in [0.1, 0.15) is 5.82 Å². The highest BCUT2D eigenvalue weighted by molar-refractivity contribution is 14.0. The van der Waals surface area contributed by atoms with Gasteiger partial charge in [0.25, 0.3) is 0 Å². The first-order chi connectivity index (χ1) is 14.0. The quantitative estimate of drug-likeness (QED) is 0.280. The molecule has 2 unspecified atom stereocenters. The van der Waals surface area contributed by atoms with E-state index in [1.54, 1.807) is 0 Å². The van der Waals surface area contributed by atoms with E-state index in [-0.39, 0.29) is 30.0 Å². The zero-order chi connectivity index (χ0) is 20.6. The summed E-state index contributed by atoms with van der Waals surface area (Å²) in [5.74, 6) is 2.88. The van der Waals surface area contributed by atoms with Crippen LogP contribution in [0, 0.1) is 6.92 Å². The minimum atomic E-state index is 0. The van der Waals surface area contributed by atoms with E-state index in [2.05, 4.69) is 71.1 Å². The van der Waals surface area contributed by atoms with Crippen LogP contribution in [0.5, 0.6) is 0 Å². The molecule has 2 atom stereocenters. The van der Waals surface area contributed by atoms with Gasteiger partial charge in [0, 0.05) is 19.0 Å². The van der Waals surface area contributed by atoms with Gasteiger partial charge in [-0.25, -0.2) is 4.99 Å². The van der Waals surface area contributed by atoms with Crippen LogP contribution in [-0.4, -0.2) is 26.8 Å². The van der Waals surface area contributed by atoms with Crippen molar-refractivity contribution in [2.45, 2.75) is 45.8 Å². The Balaban J connectivity index is 0.00000320. The molecule has 6 nitrogen and oxygen atoms in total. The zero-order valence-corrected chi connectivity index (χ0v) is 20.4. The minimum Gasteiger partial charge on any atom is -0.353 e. The number of nitrogens with zero attached hydrogens (tertiary/aromatic N) is 4. The Morgan fingerprint density at radius 1 is 1.00 bits per heavy atom. The molecule has 0 aliphatic carbocycles. The fraction of sp³-hybridized carbons (Fsp3) is 0.348. The molecule has 0 bridgehead atoms. The van der Waals surface area contributed by atoms with Crippen molar-refractivity contribution in [3.63, 3.8) is 0 Å². The van der Waals surface area contributed by atoms with Crippen LogP contribution >= 0.6 is 24.0 Å². The molecule has 1 aromatic heterocycles. The molecular weight excluding hydrogens is 487 g/mol. The van der Waals surface area contributed by atoms with Gasteiger partial charge in [0.2, 0.25) is 0 Å². The number of rotatable bonds is 7. The standard InChI is InChI=1S/C23H30N6.HI/c1-17(21-13-9-6-10-14-21)18(2)26-23(24-15-20-11-7-5-8-12-20)25-16-22-28-27-19(3)29(22)4;/h5-14,17-18H,15-16H2,1-4H3,(H2,24,25,26);1H. The first-order valence-electron chi connectivity index (χ1n) is 10.0. The van der Waals surface area contributed by atoms with Gasteiger partial charge in [0.15, 0.2) is 11.8 Å². The van der Waals surface area contributed by atoms with Crippen molar-refractivity contribution < 1.29 is 0 Å². The summed E-state index contributed by atoms with van der Waals surface area (Å²) < 4.78 is 1.98. The molecule has 0 fully saturated rings. The number of aromatic nitrogens is 3. The van der Waals surface area contributed by atoms with Crippen LogP contribution in [0.3, 0.4) is 0 Å². The monoisotopic (exact) mass is 518 g/mol. The topological polar surface area (TPSA) is 67.1 Å². The lowest BCUT2D eigenvalue weighted by Gasteiger charge is -2.24. The highest BCUT2D eigenvalue weighted by Gasteiger charge is 2.16. The summed E-state index contributed by atoms with van der Waals surface area (Å²) in [6.07, 6.45) is 0. The lowest BCUT2D eigenvalue weighted by atomic mass is 9.94. The fourth-order valence-corrected chi connectivity index (χ4v) is 3.06. The maximum atomic E-state index is 4.80. The Hall–Kier alpha value is -2.42. The highest BCUT2D eigenvalue weighted by atomic mass is 127. The lowest BCUT2D eigenvalue weighted by Crippen LogP contribution is -2.44. The molecule has 2 N–H and O–H groups in total. The van der Waals surface area contributed by atoms with Crippen molar-refractivity contribution in [1.82, 2.24) is 25.4 Å². The van der Waals surface area contributed by atoms with E-state index in [0.29, 0.717) is 19.0 Å². The second-order valence-corrected chi connectivity index (χ2v) is 7.36. The van der Waals surface area contributed by atoms with Crippen LogP contribution in [0.1, 0.15) is 42.5 Å². The van der Waals surface area contributed by atoms with Crippen molar-refractivity contribution in [3.8, 4) is 0 Å². The summed E-state index contributed by atoms with van der Waals surface area (Å²) in [5.41, 5.74) is 2.48. The number of halogens is 1. The zero-order valence-electron chi connectivity index (χ0n) is 18.0. The van der Waals surface area contributed by atoms with E-state index in [9.17, 15) is 0 Å². The van der Waals surface area contributed by atoms with Gasteiger partial charge in [-0.3, -0.25) is 0 Å². The molecule has 0 amide bonds. The third kappa shape index (κ3) is 6.55. The Labute approximate surface area is 196 Å². The summed E-state index contributed by atoms with van der Waals surface area (Å²) in [6.45, 7) is 7.53. The van der Waals surface area contributed by atoms with E-state index in [0.717, 1.165) is 17.6 Å². The molecule has 3 aromatic rings. The molecule has 0 aliphatic heterocycles. The highest BCUT2D eigenvalue weighted by Crippen LogP contribution is 2.18. The summed E-state index contributed by atoms with van der Waals surface area (Å²) in [4.78, 5) is 4.80. The van der Waals surface area contributed by atoms with E-state index < -0.39 is 0 Å². The number of hydrogen-bond acceptors (Lipinski definition) is 3. The number of aliphatic imine (C=N–C) groups is 1. The van der Waals surface area contributed by atoms with Gasteiger partial charge in [-0.2, -0.15) is 0 Å². The predicted octanol–water partition coefficient (Wildman–Crippen LogP) is 4.17. The number of hydrogen-bond donors (Lipinski definition) is 2. The molecule has 0 saturated heterocycles. The van der Waals surface area contributed by atoms with Crippen LogP contribution in [0.2, 0.25) is 0 Å². The number of benzene rings is 2. The third-order valence-corrected chi connectivity index (χ3v) is 5.30. The second-order valence-electron chi connectivity index (χ2n) is 7.36. The maximum Gasteiger partial charge on any atom is 0.192 e. The van der Waals surface area contributed by atoms with Crippen LogP contribution in [0.15, 0.2) is 65.7 Å². The largest absolute Gasteiger partial charge is 0.353 e. The van der Waals surface area contributed by atoms with Crippen molar-refractivity contribution in [3.05, 3.63) is 83.4 Å². The van der Waals surface area contributed by atoms with E-state index in [1.165, 1.54) is 11.1 Å². The summed E-state index contributed by atoms with van der Waals surface area (Å²) in [6, 6.07) is 21.0. The molecule has 0 aliphatic rings. The number of guanidine groups is 1. The Morgan fingerprint density at radius 3 is 2.23 bits per heavy atom. The third-order valence-electron chi connectivity index (χ3n) is 5.30. The first-order valence-corrected chi connectivity index (χ1v) is 10.0. The molecule has 0 saturated carbocycles. The Morgan fingerprint density at radius 2 is 1.63 bits per heavy atom. The van der Waals surface area contributed by atoms with E-state index in [1.807, 2.05) is 42.8 Å². The Bertz CT molecular complexity index is 923. The van der Waals surface area contributed by atoms with Gasteiger partial charge in [-0.05, 0) is 25.0 Å². The molecule has 1 heterocycles. The smallest absolute Gasteiger partial charge is 0.192 e. The van der Waals surface area contributed by atoms with Gasteiger partial charge in [-0.1, -0.05) is 67.6 Å². The molecule has 7 heteroatoms. The summed E-state index contributed by atoms with van der Waals surface area (Å²) >= 11 is 0. The van der Waals surface area contributed by atoms with Crippen molar-refractivity contribution in [2.24, 2.45) is 12.0 Å². The van der Waals surface area contributed by atoms with Crippen LogP contribution in [0.4, 0.5) is 0 Å². The molecule has 30 heavy (non-hydrogen) atoms. The van der Waals surface area contributed by atoms with Crippen LogP contribution < -0.4 is 10.6 Å². The average molecular weight is 518 g/mol. The van der Waals surface area contributed by atoms with E-state index >= 15 is 0 Å². The molecular formula is C23H31IN6. The fourth-order valence-electron chi connectivity index (χ4n) is 3.06.